The maximum atomic E-state index is 12.6. The molecule has 1 heterocycles. The zero-order valence-corrected chi connectivity index (χ0v) is 14.1. The first-order valence-corrected chi connectivity index (χ1v) is 8.03. The van der Waals surface area contributed by atoms with Gasteiger partial charge in [-0.25, -0.2) is 4.98 Å². The summed E-state index contributed by atoms with van der Waals surface area (Å²) >= 11 is 5.88. The first-order valence-electron chi connectivity index (χ1n) is 7.65. The molecule has 0 aliphatic carbocycles. The maximum Gasteiger partial charge on any atom is 0.254 e. The first-order chi connectivity index (χ1) is 11.6. The summed E-state index contributed by atoms with van der Waals surface area (Å²) in [6, 6.07) is 21.6. The topological polar surface area (TPSA) is 33.2 Å². The molecule has 0 saturated carbocycles. The Labute approximate surface area is 146 Å². The molecule has 2 aromatic carbocycles. The number of benzene rings is 2. The van der Waals surface area contributed by atoms with Crippen molar-refractivity contribution in [2.24, 2.45) is 0 Å². The van der Waals surface area contributed by atoms with Gasteiger partial charge in [0.1, 0.15) is 5.15 Å². The molecule has 0 spiro atoms. The van der Waals surface area contributed by atoms with Crippen molar-refractivity contribution < 1.29 is 4.79 Å². The minimum Gasteiger partial charge on any atom is -0.337 e. The van der Waals surface area contributed by atoms with Gasteiger partial charge in [-0.15, -0.1) is 0 Å². The lowest BCUT2D eigenvalue weighted by atomic mass is 9.99. The van der Waals surface area contributed by atoms with E-state index in [1.54, 1.807) is 30.3 Å². The molecule has 24 heavy (non-hydrogen) atoms. The van der Waals surface area contributed by atoms with E-state index in [2.05, 4.69) is 23.2 Å². The van der Waals surface area contributed by atoms with E-state index in [1.807, 2.05) is 36.4 Å². The van der Waals surface area contributed by atoms with Gasteiger partial charge < -0.3 is 4.90 Å². The van der Waals surface area contributed by atoms with Crippen molar-refractivity contribution in [2.75, 3.05) is 7.05 Å². The van der Waals surface area contributed by atoms with Crippen LogP contribution in [0.15, 0.2) is 72.9 Å². The second-order valence-electron chi connectivity index (χ2n) is 5.55. The Balaban J connectivity index is 1.85. The molecule has 0 unspecified atom stereocenters. The molecule has 3 rings (SSSR count). The zero-order valence-electron chi connectivity index (χ0n) is 13.3. The highest BCUT2D eigenvalue weighted by atomic mass is 35.5. The van der Waals surface area contributed by atoms with Crippen LogP contribution < -0.4 is 0 Å². The van der Waals surface area contributed by atoms with Crippen LogP contribution >= 0.6 is 11.6 Å². The molecule has 0 fully saturated rings. The van der Waals surface area contributed by atoms with Gasteiger partial charge in [-0.05, 0) is 28.8 Å². The number of hydrogen-bond acceptors (Lipinski definition) is 2. The van der Waals surface area contributed by atoms with Crippen LogP contribution in [-0.2, 0) is 6.54 Å². The fraction of sp³-hybridized carbons (Fsp3) is 0.100. The molecule has 3 nitrogen and oxygen atoms in total. The second kappa shape index (κ2) is 7.28. The normalized spacial score (nSPS) is 10.4. The number of carbonyl (C=O) groups excluding carboxylic acids is 1. The Bertz CT molecular complexity index is 849. The van der Waals surface area contributed by atoms with E-state index >= 15 is 0 Å². The summed E-state index contributed by atoms with van der Waals surface area (Å²) in [6.07, 6.45) is 1.54. The summed E-state index contributed by atoms with van der Waals surface area (Å²) in [4.78, 5) is 18.2. The van der Waals surface area contributed by atoms with Gasteiger partial charge in [0.05, 0.1) is 0 Å². The van der Waals surface area contributed by atoms with E-state index in [0.717, 1.165) is 16.7 Å². The number of rotatable bonds is 4. The highest BCUT2D eigenvalue weighted by Gasteiger charge is 2.14. The van der Waals surface area contributed by atoms with Crippen molar-refractivity contribution in [2.45, 2.75) is 6.54 Å². The molecule has 0 bridgehead atoms. The molecule has 0 N–H and O–H groups in total. The van der Waals surface area contributed by atoms with E-state index in [0.29, 0.717) is 17.3 Å². The van der Waals surface area contributed by atoms with Gasteiger partial charge in [0.25, 0.3) is 5.91 Å². The summed E-state index contributed by atoms with van der Waals surface area (Å²) in [5.74, 6) is -0.0813. The van der Waals surface area contributed by atoms with Gasteiger partial charge in [-0.3, -0.25) is 4.79 Å². The molecule has 1 amide bonds. The van der Waals surface area contributed by atoms with Crippen LogP contribution in [0.4, 0.5) is 0 Å². The zero-order chi connectivity index (χ0) is 16.9. The number of amides is 1. The van der Waals surface area contributed by atoms with Crippen LogP contribution in [0.5, 0.6) is 0 Å². The first kappa shape index (κ1) is 16.2. The van der Waals surface area contributed by atoms with E-state index in [-0.39, 0.29) is 5.91 Å². The Hall–Kier alpha value is -2.65. The predicted octanol–water partition coefficient (Wildman–Crippen LogP) is 4.67. The summed E-state index contributed by atoms with van der Waals surface area (Å²) < 4.78 is 0. The summed E-state index contributed by atoms with van der Waals surface area (Å²) in [7, 11) is 1.79. The lowest BCUT2D eigenvalue weighted by molar-refractivity contribution is 0.0785. The fourth-order valence-electron chi connectivity index (χ4n) is 2.64. The van der Waals surface area contributed by atoms with Crippen LogP contribution in [0.2, 0.25) is 5.15 Å². The van der Waals surface area contributed by atoms with E-state index in [9.17, 15) is 4.79 Å². The third-order valence-electron chi connectivity index (χ3n) is 3.83. The number of pyridine rings is 1. The van der Waals surface area contributed by atoms with Crippen LogP contribution in [-0.4, -0.2) is 22.8 Å². The average Bonchev–Trinajstić information content (AvgIpc) is 2.62. The van der Waals surface area contributed by atoms with Crippen molar-refractivity contribution in [1.82, 2.24) is 9.88 Å². The van der Waals surface area contributed by atoms with Crippen molar-refractivity contribution in [1.29, 1.82) is 0 Å². The van der Waals surface area contributed by atoms with Gasteiger partial charge in [0.15, 0.2) is 0 Å². The highest BCUT2D eigenvalue weighted by Crippen LogP contribution is 2.24. The summed E-state index contributed by atoms with van der Waals surface area (Å²) in [6.45, 7) is 0.518. The number of nitrogens with zero attached hydrogens (tertiary/aromatic N) is 2. The van der Waals surface area contributed by atoms with E-state index in [4.69, 9.17) is 11.6 Å². The summed E-state index contributed by atoms with van der Waals surface area (Å²) in [5.41, 5.74) is 3.90. The molecule has 0 atom stereocenters. The number of hydrogen-bond donors (Lipinski definition) is 0. The molecule has 0 aliphatic rings. The molecule has 4 heteroatoms. The Morgan fingerprint density at radius 3 is 2.50 bits per heavy atom. The average molecular weight is 337 g/mol. The fourth-order valence-corrected chi connectivity index (χ4v) is 2.81. The quantitative estimate of drug-likeness (QED) is 0.648. The molecular weight excluding hydrogens is 320 g/mol. The third kappa shape index (κ3) is 3.63. The van der Waals surface area contributed by atoms with Gasteiger partial charge in [-0.2, -0.15) is 0 Å². The number of carbonyl (C=O) groups is 1. The standard InChI is InChI=1S/C20H17ClN2O/c1-23(20(24)16-11-12-22-19(21)13-16)14-17-9-5-6-10-18(17)15-7-3-2-4-8-15/h2-13H,14H2,1H3. The van der Waals surface area contributed by atoms with Crippen LogP contribution in [0.1, 0.15) is 15.9 Å². The SMILES string of the molecule is CN(Cc1ccccc1-c1ccccc1)C(=O)c1ccnc(Cl)c1. The lowest BCUT2D eigenvalue weighted by Crippen LogP contribution is -2.26. The molecule has 3 aromatic rings. The summed E-state index contributed by atoms with van der Waals surface area (Å²) in [5, 5.41) is 0.318. The largest absolute Gasteiger partial charge is 0.337 e. The lowest BCUT2D eigenvalue weighted by Gasteiger charge is -2.19. The second-order valence-corrected chi connectivity index (χ2v) is 5.94. The van der Waals surface area contributed by atoms with Crippen molar-refractivity contribution >= 4 is 17.5 Å². The van der Waals surface area contributed by atoms with Crippen LogP contribution in [0.3, 0.4) is 0 Å². The smallest absolute Gasteiger partial charge is 0.254 e. The number of aromatic nitrogens is 1. The molecule has 120 valence electrons. The third-order valence-corrected chi connectivity index (χ3v) is 4.04. The molecule has 0 aliphatic heterocycles. The van der Waals surface area contributed by atoms with E-state index in [1.165, 1.54) is 0 Å². The van der Waals surface area contributed by atoms with Gasteiger partial charge >= 0.3 is 0 Å². The molecule has 0 radical (unpaired) electrons. The van der Waals surface area contributed by atoms with Crippen molar-refractivity contribution in [3.63, 3.8) is 0 Å². The van der Waals surface area contributed by atoms with Gasteiger partial charge in [-0.1, -0.05) is 66.2 Å². The molecular formula is C20H17ClN2O. The highest BCUT2D eigenvalue weighted by molar-refractivity contribution is 6.29. The number of halogens is 1. The predicted molar refractivity (Wildman–Crippen MR) is 96.9 cm³/mol. The molecule has 1 aromatic heterocycles. The Kier molecular flexibility index (Phi) is 4.92. The van der Waals surface area contributed by atoms with Crippen LogP contribution in [0.25, 0.3) is 11.1 Å². The van der Waals surface area contributed by atoms with Gasteiger partial charge in [0, 0.05) is 25.4 Å². The van der Waals surface area contributed by atoms with Crippen LogP contribution in [0, 0.1) is 0 Å². The van der Waals surface area contributed by atoms with Crippen molar-refractivity contribution in [3.05, 3.63) is 89.2 Å². The monoisotopic (exact) mass is 336 g/mol. The van der Waals surface area contributed by atoms with Crippen molar-refractivity contribution in [3.8, 4) is 11.1 Å². The Morgan fingerprint density at radius 1 is 1.04 bits per heavy atom. The maximum absolute atomic E-state index is 12.6. The minimum absolute atomic E-state index is 0.0813. The Morgan fingerprint density at radius 2 is 1.75 bits per heavy atom. The van der Waals surface area contributed by atoms with E-state index < -0.39 is 0 Å². The van der Waals surface area contributed by atoms with Gasteiger partial charge in [0.2, 0.25) is 0 Å². The molecule has 0 saturated heterocycles. The minimum atomic E-state index is -0.0813.